The Morgan fingerprint density at radius 2 is 2.57 bits per heavy atom. The molecular weight excluding hydrogens is 112 g/mol. The van der Waals surface area contributed by atoms with E-state index in [0.29, 0.717) is 5.88 Å². The summed E-state index contributed by atoms with van der Waals surface area (Å²) in [6.07, 6.45) is 3.25. The number of hydrogen-bond donors (Lipinski definition) is 0. The third kappa shape index (κ3) is 0.996. The maximum absolute atomic E-state index is 5.40. The van der Waals surface area contributed by atoms with Crippen LogP contribution in [0.1, 0.15) is 0 Å². The van der Waals surface area contributed by atoms with E-state index in [0.717, 1.165) is 0 Å². The number of rotatable bonds is 1. The Kier molecular flexibility index (Phi) is 1.42. The minimum Gasteiger partial charge on any atom is -0.263 e. The van der Waals surface area contributed by atoms with E-state index >= 15 is 0 Å². The predicted octanol–water partition coefficient (Wildman–Crippen LogP) is 0.707. The van der Waals surface area contributed by atoms with Crippen molar-refractivity contribution in [1.82, 2.24) is 0 Å². The van der Waals surface area contributed by atoms with Crippen LogP contribution in [0.25, 0.3) is 0 Å². The first kappa shape index (κ1) is 4.78. The second-order valence-corrected chi connectivity index (χ2v) is 1.59. The van der Waals surface area contributed by atoms with Crippen LogP contribution in [-0.4, -0.2) is 24.5 Å². The quantitative estimate of drug-likeness (QED) is 0.451. The third-order valence-electron chi connectivity index (χ3n) is 0.741. The van der Waals surface area contributed by atoms with Gasteiger partial charge in [-0.05, 0) is 0 Å². The van der Waals surface area contributed by atoms with Crippen molar-refractivity contribution in [2.75, 3.05) is 5.88 Å². The van der Waals surface area contributed by atoms with Crippen LogP contribution in [0.4, 0.5) is 0 Å². The van der Waals surface area contributed by atoms with Gasteiger partial charge in [0.25, 0.3) is 0 Å². The van der Waals surface area contributed by atoms with Crippen LogP contribution >= 0.6 is 11.6 Å². The summed E-state index contributed by atoms with van der Waals surface area (Å²) < 4.78 is 0. The number of nitrogens with zero attached hydrogens (tertiary/aromatic N) is 2. The first-order valence-corrected chi connectivity index (χ1v) is 2.58. The molecule has 0 amide bonds. The second-order valence-electron chi connectivity index (χ2n) is 1.28. The molecule has 0 aliphatic carbocycles. The fourth-order valence-corrected chi connectivity index (χ4v) is 0.539. The summed E-state index contributed by atoms with van der Waals surface area (Å²) in [6, 6.07) is 0.140. The minimum atomic E-state index is 0.140. The van der Waals surface area contributed by atoms with Gasteiger partial charge < -0.3 is 0 Å². The van der Waals surface area contributed by atoms with Gasteiger partial charge in [-0.15, -0.1) is 11.6 Å². The zero-order chi connectivity index (χ0) is 5.11. The Hall–Kier alpha value is -0.370. The molecule has 1 atom stereocenters. The number of aliphatic imine (C=N–C) groups is 2. The van der Waals surface area contributed by atoms with Crippen molar-refractivity contribution in [3.8, 4) is 0 Å². The fourth-order valence-electron chi connectivity index (χ4n) is 0.380. The topological polar surface area (TPSA) is 24.7 Å². The molecule has 0 radical (unpaired) electrons. The maximum atomic E-state index is 5.40. The molecule has 3 heteroatoms. The van der Waals surface area contributed by atoms with Crippen molar-refractivity contribution in [2.24, 2.45) is 9.98 Å². The molecule has 1 rings (SSSR count). The monoisotopic (exact) mass is 116 g/mol. The number of alkyl halides is 1. The van der Waals surface area contributed by atoms with Crippen LogP contribution in [-0.2, 0) is 0 Å². The lowest BCUT2D eigenvalue weighted by atomic mass is 10.4. The van der Waals surface area contributed by atoms with Crippen molar-refractivity contribution >= 4 is 24.2 Å². The molecule has 0 spiro atoms. The van der Waals surface area contributed by atoms with E-state index in [4.69, 9.17) is 11.6 Å². The molecule has 2 nitrogen and oxygen atoms in total. The van der Waals surface area contributed by atoms with Gasteiger partial charge >= 0.3 is 0 Å². The molecule has 0 aromatic rings. The van der Waals surface area contributed by atoms with Gasteiger partial charge in [0.1, 0.15) is 12.4 Å². The van der Waals surface area contributed by atoms with Crippen molar-refractivity contribution in [1.29, 1.82) is 0 Å². The number of hydrogen-bond acceptors (Lipinski definition) is 2. The van der Waals surface area contributed by atoms with Crippen LogP contribution in [0.5, 0.6) is 0 Å². The van der Waals surface area contributed by atoms with Crippen molar-refractivity contribution < 1.29 is 0 Å². The van der Waals surface area contributed by atoms with Crippen LogP contribution in [0, 0.1) is 0 Å². The summed E-state index contributed by atoms with van der Waals surface area (Å²) in [5, 5.41) is 0. The van der Waals surface area contributed by atoms with E-state index in [2.05, 4.69) is 9.98 Å². The van der Waals surface area contributed by atoms with E-state index in [1.807, 2.05) is 0 Å². The van der Waals surface area contributed by atoms with Gasteiger partial charge in [0, 0.05) is 12.1 Å². The fraction of sp³-hybridized carbons (Fsp3) is 0.500. The molecule has 0 saturated heterocycles. The molecule has 0 bridgehead atoms. The third-order valence-corrected chi connectivity index (χ3v) is 1.06. The zero-order valence-corrected chi connectivity index (χ0v) is 4.47. The first-order chi connectivity index (χ1) is 3.43. The molecule has 0 unspecified atom stereocenters. The Balaban J connectivity index is 2.44. The molecule has 1 aliphatic rings. The van der Waals surface area contributed by atoms with Gasteiger partial charge in [0.2, 0.25) is 0 Å². The lowest BCUT2D eigenvalue weighted by Crippen LogP contribution is -2.02. The summed E-state index contributed by atoms with van der Waals surface area (Å²) in [5.41, 5.74) is 0. The summed E-state index contributed by atoms with van der Waals surface area (Å²) in [5.74, 6) is 0.542. The van der Waals surface area contributed by atoms with Gasteiger partial charge in [-0.2, -0.15) is 0 Å². The lowest BCUT2D eigenvalue weighted by molar-refractivity contribution is 1.03. The first-order valence-electron chi connectivity index (χ1n) is 2.04. The summed E-state index contributed by atoms with van der Waals surface area (Å²) in [7, 11) is 0. The van der Waals surface area contributed by atoms with E-state index < -0.39 is 0 Å². The molecule has 1 heterocycles. The van der Waals surface area contributed by atoms with Crippen molar-refractivity contribution in [3.05, 3.63) is 0 Å². The van der Waals surface area contributed by atoms with Gasteiger partial charge in [0.05, 0.1) is 0 Å². The van der Waals surface area contributed by atoms with Gasteiger partial charge in [-0.3, -0.25) is 4.99 Å². The van der Waals surface area contributed by atoms with Gasteiger partial charge in [-0.25, -0.2) is 4.99 Å². The Morgan fingerprint density at radius 3 is 2.86 bits per heavy atom. The molecule has 0 fully saturated rings. The molecule has 7 heavy (non-hydrogen) atoms. The highest BCUT2D eigenvalue weighted by Crippen LogP contribution is 1.94. The Bertz CT molecular complexity index is 96.3. The zero-order valence-electron chi connectivity index (χ0n) is 3.71. The minimum absolute atomic E-state index is 0.140. The van der Waals surface area contributed by atoms with Gasteiger partial charge in [0.15, 0.2) is 0 Å². The summed E-state index contributed by atoms with van der Waals surface area (Å²) in [4.78, 5) is 7.61. The highest BCUT2D eigenvalue weighted by atomic mass is 35.5. The number of halogens is 1. The molecule has 1 aliphatic heterocycles. The van der Waals surface area contributed by atoms with Crippen LogP contribution in [0.3, 0.4) is 0 Å². The van der Waals surface area contributed by atoms with E-state index in [9.17, 15) is 0 Å². The normalized spacial score (nSPS) is 26.7. The highest BCUT2D eigenvalue weighted by Gasteiger charge is 2.00. The molecule has 0 aromatic heterocycles. The van der Waals surface area contributed by atoms with E-state index in [1.54, 1.807) is 6.21 Å². The largest absolute Gasteiger partial charge is 0.263 e. The molecular formula is C4H5ClN2. The Morgan fingerprint density at radius 1 is 1.71 bits per heavy atom. The summed E-state index contributed by atoms with van der Waals surface area (Å²) >= 11 is 5.40. The average Bonchev–Trinajstić information content (AvgIpc) is 2.14. The highest BCUT2D eigenvalue weighted by molar-refractivity contribution is 6.19. The lowest BCUT2D eigenvalue weighted by Gasteiger charge is -1.89. The standard InChI is InChI=1S/C4H5ClN2/c5-1-4-2-6-3-7-4/h2-4H,1H2/t4-/m1/s1. The van der Waals surface area contributed by atoms with E-state index in [-0.39, 0.29) is 6.04 Å². The smallest absolute Gasteiger partial charge is 0.110 e. The molecule has 38 valence electrons. The molecule has 0 aromatic carbocycles. The SMILES string of the molecule is ClC[C@@H]1C=NC=N1. The van der Waals surface area contributed by atoms with Crippen molar-refractivity contribution in [3.63, 3.8) is 0 Å². The summed E-state index contributed by atoms with van der Waals surface area (Å²) in [6.45, 7) is 0. The molecule has 0 N–H and O–H groups in total. The second kappa shape index (κ2) is 2.07. The maximum Gasteiger partial charge on any atom is 0.110 e. The average molecular weight is 117 g/mol. The van der Waals surface area contributed by atoms with Crippen LogP contribution in [0.2, 0.25) is 0 Å². The van der Waals surface area contributed by atoms with Crippen LogP contribution in [0.15, 0.2) is 9.98 Å². The molecule has 0 saturated carbocycles. The van der Waals surface area contributed by atoms with Gasteiger partial charge in [-0.1, -0.05) is 0 Å². The van der Waals surface area contributed by atoms with Crippen LogP contribution < -0.4 is 0 Å². The van der Waals surface area contributed by atoms with E-state index in [1.165, 1.54) is 6.34 Å². The Labute approximate surface area is 46.9 Å². The van der Waals surface area contributed by atoms with Crippen molar-refractivity contribution in [2.45, 2.75) is 6.04 Å². The predicted molar refractivity (Wildman–Crippen MR) is 31.5 cm³/mol.